The Balaban J connectivity index is 1.65. The van der Waals surface area contributed by atoms with E-state index >= 15 is 0 Å². The Morgan fingerprint density at radius 1 is 1.12 bits per heavy atom. The van der Waals surface area contributed by atoms with Crippen molar-refractivity contribution in [1.82, 2.24) is 9.62 Å². The first kappa shape index (κ1) is 18.5. The molecule has 0 unspecified atom stereocenters. The van der Waals surface area contributed by atoms with Gasteiger partial charge in [-0.05, 0) is 31.0 Å². The fourth-order valence-corrected chi connectivity index (χ4v) is 4.63. The molecule has 3 rings (SSSR count). The zero-order chi connectivity index (χ0) is 18.6. The van der Waals surface area contributed by atoms with E-state index in [1.807, 2.05) is 0 Å². The van der Waals surface area contributed by atoms with Crippen molar-refractivity contribution in [2.75, 3.05) is 13.1 Å². The van der Waals surface area contributed by atoms with Crippen LogP contribution in [-0.2, 0) is 21.4 Å². The molecule has 1 fully saturated rings. The third kappa shape index (κ3) is 4.11. The van der Waals surface area contributed by atoms with Crippen LogP contribution in [0.3, 0.4) is 0 Å². The fraction of sp³-hybridized carbons (Fsp3) is 0.316. The first-order chi connectivity index (χ1) is 12.5. The molecule has 1 atom stereocenters. The topological polar surface area (TPSA) is 66.5 Å². The molecule has 1 N–H and O–H groups in total. The number of amides is 1. The molecule has 1 saturated heterocycles. The van der Waals surface area contributed by atoms with Crippen LogP contribution in [0.25, 0.3) is 0 Å². The van der Waals surface area contributed by atoms with Gasteiger partial charge in [-0.25, -0.2) is 12.8 Å². The predicted molar refractivity (Wildman–Crippen MR) is 96.2 cm³/mol. The Kier molecular flexibility index (Phi) is 5.68. The fourth-order valence-electron chi connectivity index (χ4n) is 3.08. The number of nitrogens with one attached hydrogen (secondary N) is 1. The molecule has 1 aliphatic heterocycles. The number of rotatable bonds is 5. The summed E-state index contributed by atoms with van der Waals surface area (Å²) in [5, 5.41) is 2.72. The number of nitrogens with zero attached hydrogens (tertiary/aromatic N) is 1. The minimum Gasteiger partial charge on any atom is -0.352 e. The Bertz CT molecular complexity index is 871. The molecule has 0 aliphatic carbocycles. The van der Waals surface area contributed by atoms with Gasteiger partial charge in [0.2, 0.25) is 15.9 Å². The van der Waals surface area contributed by atoms with Gasteiger partial charge >= 0.3 is 0 Å². The summed E-state index contributed by atoms with van der Waals surface area (Å²) in [5.74, 6) is -1.06. The summed E-state index contributed by atoms with van der Waals surface area (Å²) in [5.41, 5.74) is 0.408. The normalized spacial score (nSPS) is 18.4. The Hall–Kier alpha value is -2.25. The average molecular weight is 376 g/mol. The first-order valence-electron chi connectivity index (χ1n) is 8.55. The van der Waals surface area contributed by atoms with E-state index in [2.05, 4.69) is 5.32 Å². The van der Waals surface area contributed by atoms with Crippen molar-refractivity contribution >= 4 is 15.9 Å². The molecule has 1 amide bonds. The van der Waals surface area contributed by atoms with Crippen molar-refractivity contribution in [3.63, 3.8) is 0 Å². The molecule has 0 radical (unpaired) electrons. The number of piperidine rings is 1. The van der Waals surface area contributed by atoms with E-state index in [-0.39, 0.29) is 29.7 Å². The Morgan fingerprint density at radius 2 is 1.81 bits per heavy atom. The molecule has 0 saturated carbocycles. The maximum absolute atomic E-state index is 13.6. The van der Waals surface area contributed by atoms with Crippen LogP contribution in [0.15, 0.2) is 59.5 Å². The highest BCUT2D eigenvalue weighted by Gasteiger charge is 2.33. The first-order valence-corrected chi connectivity index (χ1v) is 9.99. The van der Waals surface area contributed by atoms with E-state index in [9.17, 15) is 17.6 Å². The summed E-state index contributed by atoms with van der Waals surface area (Å²) in [6.07, 6.45) is 1.23. The van der Waals surface area contributed by atoms with E-state index in [1.54, 1.807) is 48.5 Å². The van der Waals surface area contributed by atoms with Gasteiger partial charge in [0.15, 0.2) is 0 Å². The van der Waals surface area contributed by atoms with E-state index in [4.69, 9.17) is 0 Å². The number of carbonyl (C=O) groups excluding carboxylic acids is 1. The Morgan fingerprint density at radius 3 is 2.54 bits per heavy atom. The molecule has 1 aliphatic rings. The second-order valence-corrected chi connectivity index (χ2v) is 8.26. The largest absolute Gasteiger partial charge is 0.352 e. The van der Waals surface area contributed by atoms with Gasteiger partial charge < -0.3 is 5.32 Å². The van der Waals surface area contributed by atoms with E-state index < -0.39 is 15.9 Å². The van der Waals surface area contributed by atoms with Crippen LogP contribution >= 0.6 is 0 Å². The van der Waals surface area contributed by atoms with Gasteiger partial charge in [0.05, 0.1) is 10.8 Å². The van der Waals surface area contributed by atoms with Crippen molar-refractivity contribution in [2.24, 2.45) is 5.92 Å². The lowest BCUT2D eigenvalue weighted by Crippen LogP contribution is -2.45. The molecule has 138 valence electrons. The van der Waals surface area contributed by atoms with Crippen LogP contribution in [0.2, 0.25) is 0 Å². The average Bonchev–Trinajstić information content (AvgIpc) is 2.68. The summed E-state index contributed by atoms with van der Waals surface area (Å²) in [4.78, 5) is 12.7. The molecule has 1 heterocycles. The highest BCUT2D eigenvalue weighted by molar-refractivity contribution is 7.89. The van der Waals surface area contributed by atoms with E-state index in [0.717, 1.165) is 0 Å². The maximum atomic E-state index is 13.6. The lowest BCUT2D eigenvalue weighted by atomic mass is 9.98. The molecule has 0 spiro atoms. The maximum Gasteiger partial charge on any atom is 0.243 e. The zero-order valence-electron chi connectivity index (χ0n) is 14.3. The Labute approximate surface area is 152 Å². The molecule has 7 heteroatoms. The summed E-state index contributed by atoms with van der Waals surface area (Å²) >= 11 is 0. The number of hydrogen-bond acceptors (Lipinski definition) is 3. The number of hydrogen-bond donors (Lipinski definition) is 1. The van der Waals surface area contributed by atoms with E-state index in [0.29, 0.717) is 24.9 Å². The third-order valence-electron chi connectivity index (χ3n) is 4.55. The summed E-state index contributed by atoms with van der Waals surface area (Å²) < 4.78 is 40.5. The van der Waals surface area contributed by atoms with Crippen molar-refractivity contribution < 1.29 is 17.6 Å². The van der Waals surface area contributed by atoms with Crippen molar-refractivity contribution in [3.05, 3.63) is 66.0 Å². The van der Waals surface area contributed by atoms with Crippen LogP contribution in [0.1, 0.15) is 18.4 Å². The summed E-state index contributed by atoms with van der Waals surface area (Å²) in [6.45, 7) is 0.627. The van der Waals surface area contributed by atoms with Crippen molar-refractivity contribution in [2.45, 2.75) is 24.3 Å². The number of sulfonamides is 1. The molecular weight excluding hydrogens is 355 g/mol. The molecular formula is C19H21FN2O3S. The lowest BCUT2D eigenvalue weighted by Gasteiger charge is -2.31. The van der Waals surface area contributed by atoms with Crippen molar-refractivity contribution in [3.8, 4) is 0 Å². The van der Waals surface area contributed by atoms with Crippen LogP contribution in [0.4, 0.5) is 4.39 Å². The third-order valence-corrected chi connectivity index (χ3v) is 6.43. The van der Waals surface area contributed by atoms with Crippen LogP contribution in [-0.4, -0.2) is 31.7 Å². The molecule has 2 aromatic carbocycles. The summed E-state index contributed by atoms with van der Waals surface area (Å²) in [7, 11) is -3.61. The number of halogens is 1. The highest BCUT2D eigenvalue weighted by Crippen LogP contribution is 2.24. The van der Waals surface area contributed by atoms with Crippen molar-refractivity contribution in [1.29, 1.82) is 0 Å². The monoisotopic (exact) mass is 376 g/mol. The second kappa shape index (κ2) is 7.97. The van der Waals surface area contributed by atoms with E-state index in [1.165, 1.54) is 10.4 Å². The molecule has 2 aromatic rings. The van der Waals surface area contributed by atoms with Gasteiger partial charge in [-0.2, -0.15) is 4.31 Å². The van der Waals surface area contributed by atoms with Gasteiger partial charge in [-0.3, -0.25) is 4.79 Å². The van der Waals surface area contributed by atoms with Crippen LogP contribution in [0, 0.1) is 11.7 Å². The second-order valence-electron chi connectivity index (χ2n) is 6.32. The predicted octanol–water partition coefficient (Wildman–Crippen LogP) is 2.54. The molecule has 26 heavy (non-hydrogen) atoms. The van der Waals surface area contributed by atoms with Gasteiger partial charge in [0.1, 0.15) is 5.82 Å². The standard InChI is InChI=1S/C19H21FN2O3S/c20-18-11-5-4-7-15(18)13-21-19(23)16-8-6-12-22(14-16)26(24,25)17-9-2-1-3-10-17/h1-5,7,9-11,16H,6,8,12-14H2,(H,21,23)/t16-/m0/s1. The number of benzene rings is 2. The highest BCUT2D eigenvalue weighted by atomic mass is 32.2. The van der Waals surface area contributed by atoms with Gasteiger partial charge in [0, 0.05) is 25.2 Å². The zero-order valence-corrected chi connectivity index (χ0v) is 15.1. The van der Waals surface area contributed by atoms with Gasteiger partial charge in [-0.15, -0.1) is 0 Å². The van der Waals surface area contributed by atoms with Gasteiger partial charge in [0.25, 0.3) is 0 Å². The van der Waals surface area contributed by atoms with Gasteiger partial charge in [-0.1, -0.05) is 36.4 Å². The van der Waals surface area contributed by atoms with Crippen LogP contribution < -0.4 is 5.32 Å². The minimum absolute atomic E-state index is 0.0907. The smallest absolute Gasteiger partial charge is 0.243 e. The SMILES string of the molecule is O=C(NCc1ccccc1F)[C@H]1CCCN(S(=O)(=O)c2ccccc2)C1. The minimum atomic E-state index is -3.61. The summed E-state index contributed by atoms with van der Waals surface area (Å²) in [6, 6.07) is 14.5. The number of carbonyl (C=O) groups is 1. The van der Waals surface area contributed by atoms with Crippen LogP contribution in [0.5, 0.6) is 0 Å². The molecule has 0 aromatic heterocycles. The molecule has 0 bridgehead atoms. The quantitative estimate of drug-likeness (QED) is 0.872. The molecule has 5 nitrogen and oxygen atoms in total. The lowest BCUT2D eigenvalue weighted by molar-refractivity contribution is -0.126.